The van der Waals surface area contributed by atoms with Crippen LogP contribution in [0.25, 0.3) is 0 Å². The summed E-state index contributed by atoms with van der Waals surface area (Å²) >= 11 is 0. The molecule has 1 atom stereocenters. The molecule has 1 rings (SSSR count). The first-order valence-electron chi connectivity index (χ1n) is 4.99. The van der Waals surface area contributed by atoms with Gasteiger partial charge >= 0.3 is 0 Å². The number of nitrogens with zero attached hydrogens (tertiary/aromatic N) is 1. The molecule has 1 aromatic rings. The highest BCUT2D eigenvalue weighted by Gasteiger charge is 2.13. The molecule has 1 aromatic carbocycles. The standard InChI is InChI=1S/C12H17NO2/c1-9-6-4-5-7-11(9)12(15)8-13(3)10(2)14/h4-7,10,14H,8H2,1-3H3. The van der Waals surface area contributed by atoms with Gasteiger partial charge in [-0.05, 0) is 26.5 Å². The fourth-order valence-corrected chi connectivity index (χ4v) is 1.33. The third-order valence-electron chi connectivity index (χ3n) is 2.48. The SMILES string of the molecule is Cc1ccccc1C(=O)CN(C)C(C)O. The van der Waals surface area contributed by atoms with Crippen LogP contribution in [0.2, 0.25) is 0 Å². The molecule has 0 aliphatic heterocycles. The van der Waals surface area contributed by atoms with Gasteiger partial charge in [-0.3, -0.25) is 9.69 Å². The first kappa shape index (κ1) is 11.9. The van der Waals surface area contributed by atoms with Crippen molar-refractivity contribution < 1.29 is 9.90 Å². The van der Waals surface area contributed by atoms with Crippen LogP contribution in [0.3, 0.4) is 0 Å². The van der Waals surface area contributed by atoms with E-state index in [2.05, 4.69) is 0 Å². The summed E-state index contributed by atoms with van der Waals surface area (Å²) in [6.07, 6.45) is -0.599. The van der Waals surface area contributed by atoms with Gasteiger partial charge in [0.05, 0.1) is 6.54 Å². The van der Waals surface area contributed by atoms with E-state index >= 15 is 0 Å². The van der Waals surface area contributed by atoms with Gasteiger partial charge in [-0.15, -0.1) is 0 Å². The average Bonchev–Trinajstić information content (AvgIpc) is 2.18. The Kier molecular flexibility index (Phi) is 4.00. The molecule has 82 valence electrons. The summed E-state index contributed by atoms with van der Waals surface area (Å²) in [4.78, 5) is 13.4. The highest BCUT2D eigenvalue weighted by atomic mass is 16.3. The van der Waals surface area contributed by atoms with Crippen molar-refractivity contribution in [2.75, 3.05) is 13.6 Å². The predicted molar refractivity (Wildman–Crippen MR) is 59.8 cm³/mol. The summed E-state index contributed by atoms with van der Waals surface area (Å²) < 4.78 is 0. The molecule has 0 heterocycles. The Morgan fingerprint density at radius 3 is 2.60 bits per heavy atom. The minimum atomic E-state index is -0.599. The number of hydrogen-bond donors (Lipinski definition) is 1. The van der Waals surface area contributed by atoms with E-state index in [4.69, 9.17) is 0 Å². The number of Topliss-reactive ketones (excluding diaryl/α,β-unsaturated/α-hetero) is 1. The van der Waals surface area contributed by atoms with Gasteiger partial charge in [0.1, 0.15) is 6.23 Å². The van der Waals surface area contributed by atoms with E-state index < -0.39 is 6.23 Å². The molecule has 0 bridgehead atoms. The Balaban J connectivity index is 2.74. The first-order chi connectivity index (χ1) is 7.02. The maximum absolute atomic E-state index is 11.8. The van der Waals surface area contributed by atoms with E-state index in [1.807, 2.05) is 31.2 Å². The van der Waals surface area contributed by atoms with Gasteiger partial charge in [-0.2, -0.15) is 0 Å². The summed E-state index contributed by atoms with van der Waals surface area (Å²) in [6, 6.07) is 7.48. The highest BCUT2D eigenvalue weighted by Crippen LogP contribution is 2.08. The summed E-state index contributed by atoms with van der Waals surface area (Å²) in [5.41, 5.74) is 1.70. The summed E-state index contributed by atoms with van der Waals surface area (Å²) in [7, 11) is 1.72. The van der Waals surface area contributed by atoms with Gasteiger partial charge in [0.2, 0.25) is 0 Å². The van der Waals surface area contributed by atoms with Gasteiger partial charge in [0.25, 0.3) is 0 Å². The monoisotopic (exact) mass is 207 g/mol. The van der Waals surface area contributed by atoms with Crippen molar-refractivity contribution in [3.63, 3.8) is 0 Å². The van der Waals surface area contributed by atoms with Crippen LogP contribution < -0.4 is 0 Å². The number of likely N-dealkylation sites (N-methyl/N-ethyl adjacent to an activating group) is 1. The molecule has 0 spiro atoms. The van der Waals surface area contributed by atoms with Crippen LogP contribution in [-0.2, 0) is 0 Å². The second-order valence-electron chi connectivity index (χ2n) is 3.79. The third kappa shape index (κ3) is 3.15. The van der Waals surface area contributed by atoms with E-state index in [-0.39, 0.29) is 12.3 Å². The van der Waals surface area contributed by atoms with Crippen LogP contribution in [0.1, 0.15) is 22.8 Å². The molecular formula is C12H17NO2. The van der Waals surface area contributed by atoms with Crippen molar-refractivity contribution in [1.82, 2.24) is 4.90 Å². The lowest BCUT2D eigenvalue weighted by Gasteiger charge is -2.19. The average molecular weight is 207 g/mol. The van der Waals surface area contributed by atoms with Crippen LogP contribution >= 0.6 is 0 Å². The van der Waals surface area contributed by atoms with Crippen LogP contribution in [0.15, 0.2) is 24.3 Å². The zero-order chi connectivity index (χ0) is 11.4. The molecule has 1 unspecified atom stereocenters. The summed E-state index contributed by atoms with van der Waals surface area (Å²) in [5.74, 6) is 0.0384. The zero-order valence-corrected chi connectivity index (χ0v) is 9.40. The Labute approximate surface area is 90.3 Å². The lowest BCUT2D eigenvalue weighted by molar-refractivity contribution is 0.0367. The van der Waals surface area contributed by atoms with Crippen molar-refractivity contribution in [3.8, 4) is 0 Å². The lowest BCUT2D eigenvalue weighted by atomic mass is 10.0. The summed E-state index contributed by atoms with van der Waals surface area (Å²) in [5, 5.41) is 9.26. The molecule has 0 saturated heterocycles. The Bertz CT molecular complexity index is 347. The number of benzene rings is 1. The van der Waals surface area contributed by atoms with Gasteiger partial charge in [0, 0.05) is 5.56 Å². The number of aryl methyl sites for hydroxylation is 1. The topological polar surface area (TPSA) is 40.5 Å². The van der Waals surface area contributed by atoms with Gasteiger partial charge in [-0.25, -0.2) is 0 Å². The van der Waals surface area contributed by atoms with Crippen molar-refractivity contribution >= 4 is 5.78 Å². The molecule has 0 radical (unpaired) electrons. The first-order valence-corrected chi connectivity index (χ1v) is 4.99. The molecule has 0 fully saturated rings. The molecule has 0 aromatic heterocycles. The second-order valence-corrected chi connectivity index (χ2v) is 3.79. The lowest BCUT2D eigenvalue weighted by Crippen LogP contribution is -2.33. The number of carbonyl (C=O) groups excluding carboxylic acids is 1. The largest absolute Gasteiger partial charge is 0.379 e. The van der Waals surface area contributed by atoms with Crippen molar-refractivity contribution in [2.45, 2.75) is 20.1 Å². The quantitative estimate of drug-likeness (QED) is 0.600. The molecule has 1 N–H and O–H groups in total. The molecular weight excluding hydrogens is 190 g/mol. The minimum Gasteiger partial charge on any atom is -0.379 e. The number of rotatable bonds is 4. The molecule has 0 amide bonds. The third-order valence-corrected chi connectivity index (χ3v) is 2.48. The predicted octanol–water partition coefficient (Wildman–Crippen LogP) is 1.45. The van der Waals surface area contributed by atoms with Crippen LogP contribution in [0, 0.1) is 6.92 Å². The van der Waals surface area contributed by atoms with E-state index in [0.717, 1.165) is 11.1 Å². The van der Waals surface area contributed by atoms with E-state index in [1.54, 1.807) is 18.9 Å². The zero-order valence-electron chi connectivity index (χ0n) is 9.40. The molecule has 3 nitrogen and oxygen atoms in total. The smallest absolute Gasteiger partial charge is 0.177 e. The summed E-state index contributed by atoms with van der Waals surface area (Å²) in [6.45, 7) is 3.79. The van der Waals surface area contributed by atoms with Crippen LogP contribution in [0.5, 0.6) is 0 Å². The van der Waals surface area contributed by atoms with E-state index in [0.29, 0.717) is 0 Å². The molecule has 15 heavy (non-hydrogen) atoms. The number of hydrogen-bond acceptors (Lipinski definition) is 3. The van der Waals surface area contributed by atoms with Crippen LogP contribution in [0.4, 0.5) is 0 Å². The fourth-order valence-electron chi connectivity index (χ4n) is 1.33. The van der Waals surface area contributed by atoms with Crippen LogP contribution in [-0.4, -0.2) is 35.6 Å². The Hall–Kier alpha value is -1.19. The second kappa shape index (κ2) is 5.05. The maximum Gasteiger partial charge on any atom is 0.177 e. The highest BCUT2D eigenvalue weighted by molar-refractivity contribution is 5.98. The Morgan fingerprint density at radius 1 is 1.47 bits per heavy atom. The number of carbonyl (C=O) groups is 1. The van der Waals surface area contributed by atoms with Gasteiger partial charge in [-0.1, -0.05) is 24.3 Å². The van der Waals surface area contributed by atoms with Gasteiger partial charge < -0.3 is 5.11 Å². The Morgan fingerprint density at radius 2 is 2.07 bits per heavy atom. The van der Waals surface area contributed by atoms with Gasteiger partial charge in [0.15, 0.2) is 5.78 Å². The fraction of sp³-hybridized carbons (Fsp3) is 0.417. The molecule has 3 heteroatoms. The van der Waals surface area contributed by atoms with Crippen molar-refractivity contribution in [3.05, 3.63) is 35.4 Å². The van der Waals surface area contributed by atoms with E-state index in [1.165, 1.54) is 0 Å². The number of aliphatic hydroxyl groups excluding tert-OH is 1. The number of ketones is 1. The van der Waals surface area contributed by atoms with Crippen molar-refractivity contribution in [1.29, 1.82) is 0 Å². The van der Waals surface area contributed by atoms with E-state index in [9.17, 15) is 9.90 Å². The number of aliphatic hydroxyl groups is 1. The van der Waals surface area contributed by atoms with Crippen molar-refractivity contribution in [2.24, 2.45) is 0 Å². The molecule has 0 aliphatic carbocycles. The molecule has 0 saturated carbocycles. The maximum atomic E-state index is 11.8. The normalized spacial score (nSPS) is 12.9. The molecule has 0 aliphatic rings. The minimum absolute atomic E-state index is 0.0384.